The van der Waals surface area contributed by atoms with Crippen LogP contribution in [0.3, 0.4) is 0 Å². The number of piperidine rings is 1. The standard InChI is InChI=1S/C15H23FN2/c1-12(9-13-5-3-6-14(16)10-13)17-15-7-4-8-18(2)11-15/h3,5-6,10,12,15,17H,4,7-9,11H2,1-2H3. The number of nitrogens with zero attached hydrogens (tertiary/aromatic N) is 1. The summed E-state index contributed by atoms with van der Waals surface area (Å²) >= 11 is 0. The predicted molar refractivity (Wildman–Crippen MR) is 73.2 cm³/mol. The Balaban J connectivity index is 1.82. The van der Waals surface area contributed by atoms with Gasteiger partial charge in [0.05, 0.1) is 0 Å². The summed E-state index contributed by atoms with van der Waals surface area (Å²) in [5.41, 5.74) is 1.07. The molecule has 2 unspecified atom stereocenters. The predicted octanol–water partition coefficient (Wildman–Crippen LogP) is 2.44. The zero-order valence-corrected chi connectivity index (χ0v) is 11.3. The zero-order chi connectivity index (χ0) is 13.0. The number of hydrogen-bond acceptors (Lipinski definition) is 2. The summed E-state index contributed by atoms with van der Waals surface area (Å²) in [5, 5.41) is 3.65. The minimum atomic E-state index is -0.142. The fraction of sp³-hybridized carbons (Fsp3) is 0.600. The molecule has 0 spiro atoms. The third-order valence-corrected chi connectivity index (χ3v) is 3.58. The van der Waals surface area contributed by atoms with Gasteiger partial charge in [-0.25, -0.2) is 4.39 Å². The number of likely N-dealkylation sites (N-methyl/N-ethyl adjacent to an activating group) is 1. The first kappa shape index (κ1) is 13.5. The van der Waals surface area contributed by atoms with E-state index in [1.54, 1.807) is 12.1 Å². The Bertz CT molecular complexity index is 381. The Hall–Kier alpha value is -0.930. The van der Waals surface area contributed by atoms with E-state index in [0.717, 1.165) is 18.5 Å². The summed E-state index contributed by atoms with van der Waals surface area (Å²) in [7, 11) is 2.17. The van der Waals surface area contributed by atoms with E-state index in [-0.39, 0.29) is 5.82 Å². The Morgan fingerprint density at radius 3 is 3.06 bits per heavy atom. The van der Waals surface area contributed by atoms with E-state index < -0.39 is 0 Å². The van der Waals surface area contributed by atoms with Gasteiger partial charge in [-0.1, -0.05) is 12.1 Å². The molecule has 18 heavy (non-hydrogen) atoms. The zero-order valence-electron chi connectivity index (χ0n) is 11.3. The van der Waals surface area contributed by atoms with Gasteiger partial charge >= 0.3 is 0 Å². The number of halogens is 1. The summed E-state index contributed by atoms with van der Waals surface area (Å²) in [6.07, 6.45) is 3.40. The number of rotatable bonds is 4. The van der Waals surface area contributed by atoms with Crippen molar-refractivity contribution in [1.82, 2.24) is 10.2 Å². The molecule has 0 amide bonds. The second-order valence-corrected chi connectivity index (χ2v) is 5.50. The van der Waals surface area contributed by atoms with Crippen molar-refractivity contribution in [2.75, 3.05) is 20.1 Å². The van der Waals surface area contributed by atoms with E-state index in [2.05, 4.69) is 24.2 Å². The van der Waals surface area contributed by atoms with Crippen molar-refractivity contribution >= 4 is 0 Å². The van der Waals surface area contributed by atoms with Crippen LogP contribution in [-0.4, -0.2) is 37.1 Å². The molecule has 1 aliphatic rings. The second-order valence-electron chi connectivity index (χ2n) is 5.50. The van der Waals surface area contributed by atoms with Crippen LogP contribution < -0.4 is 5.32 Å². The second kappa shape index (κ2) is 6.30. The van der Waals surface area contributed by atoms with Gasteiger partial charge in [-0.2, -0.15) is 0 Å². The minimum absolute atomic E-state index is 0.142. The maximum atomic E-state index is 13.1. The molecule has 0 aromatic heterocycles. The Morgan fingerprint density at radius 1 is 1.50 bits per heavy atom. The SMILES string of the molecule is CC(Cc1cccc(F)c1)NC1CCCN(C)C1. The van der Waals surface area contributed by atoms with Crippen molar-refractivity contribution in [3.8, 4) is 0 Å². The number of likely N-dealkylation sites (tertiary alicyclic amines) is 1. The van der Waals surface area contributed by atoms with Crippen molar-refractivity contribution in [1.29, 1.82) is 0 Å². The largest absolute Gasteiger partial charge is 0.310 e. The third-order valence-electron chi connectivity index (χ3n) is 3.58. The number of nitrogens with one attached hydrogen (secondary N) is 1. The molecule has 2 nitrogen and oxygen atoms in total. The van der Waals surface area contributed by atoms with Gasteiger partial charge in [0.1, 0.15) is 5.82 Å². The molecule has 0 aliphatic carbocycles. The van der Waals surface area contributed by atoms with Crippen molar-refractivity contribution in [2.45, 2.75) is 38.3 Å². The molecule has 0 radical (unpaired) electrons. The van der Waals surface area contributed by atoms with Crippen LogP contribution in [0, 0.1) is 5.82 Å². The monoisotopic (exact) mass is 250 g/mol. The van der Waals surface area contributed by atoms with Gasteiger partial charge in [-0.3, -0.25) is 0 Å². The molecule has 2 atom stereocenters. The summed E-state index contributed by atoms with van der Waals surface area (Å²) in [6.45, 7) is 4.50. The summed E-state index contributed by atoms with van der Waals surface area (Å²) in [6, 6.07) is 7.87. The number of benzene rings is 1. The molecule has 0 saturated carbocycles. The maximum Gasteiger partial charge on any atom is 0.123 e. The fourth-order valence-electron chi connectivity index (χ4n) is 2.78. The molecular formula is C15H23FN2. The lowest BCUT2D eigenvalue weighted by Gasteiger charge is -2.32. The Labute approximate surface area is 109 Å². The van der Waals surface area contributed by atoms with E-state index in [4.69, 9.17) is 0 Å². The van der Waals surface area contributed by atoms with Crippen LogP contribution in [0.25, 0.3) is 0 Å². The topological polar surface area (TPSA) is 15.3 Å². The molecular weight excluding hydrogens is 227 g/mol. The van der Waals surface area contributed by atoms with E-state index in [0.29, 0.717) is 12.1 Å². The van der Waals surface area contributed by atoms with Gasteiger partial charge in [-0.05, 0) is 57.5 Å². The van der Waals surface area contributed by atoms with Crippen LogP contribution in [0.1, 0.15) is 25.3 Å². The smallest absolute Gasteiger partial charge is 0.123 e. The van der Waals surface area contributed by atoms with Gasteiger partial charge in [0.15, 0.2) is 0 Å². The quantitative estimate of drug-likeness (QED) is 0.883. The molecule has 3 heteroatoms. The normalized spacial score (nSPS) is 22.9. The summed E-state index contributed by atoms with van der Waals surface area (Å²) < 4.78 is 13.1. The van der Waals surface area contributed by atoms with Crippen LogP contribution in [0.5, 0.6) is 0 Å². The third kappa shape index (κ3) is 4.07. The minimum Gasteiger partial charge on any atom is -0.310 e. The van der Waals surface area contributed by atoms with E-state index >= 15 is 0 Å². The lowest BCUT2D eigenvalue weighted by atomic mass is 10.0. The van der Waals surface area contributed by atoms with Crippen molar-refractivity contribution in [3.05, 3.63) is 35.6 Å². The van der Waals surface area contributed by atoms with Crippen molar-refractivity contribution in [2.24, 2.45) is 0 Å². The highest BCUT2D eigenvalue weighted by atomic mass is 19.1. The average Bonchev–Trinajstić information content (AvgIpc) is 2.28. The molecule has 0 bridgehead atoms. The molecule has 1 N–H and O–H groups in total. The van der Waals surface area contributed by atoms with Crippen LogP contribution >= 0.6 is 0 Å². The summed E-state index contributed by atoms with van der Waals surface area (Å²) in [4.78, 5) is 2.37. The van der Waals surface area contributed by atoms with E-state index in [1.165, 1.54) is 25.5 Å². The van der Waals surface area contributed by atoms with E-state index in [9.17, 15) is 4.39 Å². The first-order valence-electron chi connectivity index (χ1n) is 6.82. The van der Waals surface area contributed by atoms with Gasteiger partial charge in [0, 0.05) is 18.6 Å². The van der Waals surface area contributed by atoms with Crippen LogP contribution in [0.4, 0.5) is 4.39 Å². The Kier molecular flexibility index (Phi) is 4.72. The first-order chi connectivity index (χ1) is 8.63. The fourth-order valence-corrected chi connectivity index (χ4v) is 2.78. The van der Waals surface area contributed by atoms with Crippen molar-refractivity contribution < 1.29 is 4.39 Å². The first-order valence-corrected chi connectivity index (χ1v) is 6.82. The van der Waals surface area contributed by atoms with Gasteiger partial charge in [-0.15, -0.1) is 0 Å². The highest BCUT2D eigenvalue weighted by Gasteiger charge is 2.18. The summed E-state index contributed by atoms with van der Waals surface area (Å²) in [5.74, 6) is -0.142. The number of hydrogen-bond donors (Lipinski definition) is 1. The molecule has 1 aromatic carbocycles. The van der Waals surface area contributed by atoms with Crippen LogP contribution in [0.15, 0.2) is 24.3 Å². The molecule has 1 heterocycles. The lowest BCUT2D eigenvalue weighted by Crippen LogP contribution is -2.47. The molecule has 1 aliphatic heterocycles. The highest BCUT2D eigenvalue weighted by Crippen LogP contribution is 2.11. The highest BCUT2D eigenvalue weighted by molar-refractivity contribution is 5.17. The molecule has 2 rings (SSSR count). The Morgan fingerprint density at radius 2 is 2.33 bits per heavy atom. The molecule has 100 valence electrons. The van der Waals surface area contributed by atoms with Gasteiger partial charge < -0.3 is 10.2 Å². The van der Waals surface area contributed by atoms with Crippen LogP contribution in [-0.2, 0) is 6.42 Å². The molecule has 1 aromatic rings. The van der Waals surface area contributed by atoms with E-state index in [1.807, 2.05) is 6.07 Å². The van der Waals surface area contributed by atoms with Crippen molar-refractivity contribution in [3.63, 3.8) is 0 Å². The van der Waals surface area contributed by atoms with Gasteiger partial charge in [0.2, 0.25) is 0 Å². The lowest BCUT2D eigenvalue weighted by molar-refractivity contribution is 0.218. The van der Waals surface area contributed by atoms with Crippen LogP contribution in [0.2, 0.25) is 0 Å². The molecule has 1 saturated heterocycles. The molecule has 1 fully saturated rings. The van der Waals surface area contributed by atoms with Gasteiger partial charge in [0.25, 0.3) is 0 Å². The maximum absolute atomic E-state index is 13.1. The average molecular weight is 250 g/mol.